The van der Waals surface area contributed by atoms with E-state index in [9.17, 15) is 9.18 Å². The summed E-state index contributed by atoms with van der Waals surface area (Å²) in [6.45, 7) is -0.0831. The van der Waals surface area contributed by atoms with Gasteiger partial charge in [0.1, 0.15) is 18.2 Å². The topological polar surface area (TPSA) is 74.4 Å². The maximum absolute atomic E-state index is 12.9. The number of esters is 1. The third-order valence-electron chi connectivity index (χ3n) is 2.64. The van der Waals surface area contributed by atoms with E-state index < -0.39 is 11.8 Å². The number of pyridine rings is 1. The van der Waals surface area contributed by atoms with Gasteiger partial charge in [-0.05, 0) is 18.2 Å². The molecule has 0 spiro atoms. The highest BCUT2D eigenvalue weighted by Crippen LogP contribution is 2.25. The highest BCUT2D eigenvalue weighted by Gasteiger charge is 2.14. The zero-order valence-electron chi connectivity index (χ0n) is 10.8. The first-order valence-electron chi connectivity index (χ1n) is 5.81. The minimum atomic E-state index is -0.606. The molecule has 0 saturated heterocycles. The Hall–Kier alpha value is -2.63. The van der Waals surface area contributed by atoms with Crippen molar-refractivity contribution in [3.05, 3.63) is 53.6 Å². The number of carbonyl (C=O) groups excluding carboxylic acids is 1. The van der Waals surface area contributed by atoms with Crippen LogP contribution in [0.4, 0.5) is 10.1 Å². The lowest BCUT2D eigenvalue weighted by Gasteiger charge is -2.09. The summed E-state index contributed by atoms with van der Waals surface area (Å²) < 4.78 is 23.0. The zero-order chi connectivity index (χ0) is 14.5. The van der Waals surface area contributed by atoms with Gasteiger partial charge in [0, 0.05) is 11.8 Å². The second-order valence-corrected chi connectivity index (χ2v) is 4.01. The lowest BCUT2D eigenvalue weighted by Crippen LogP contribution is -2.09. The van der Waals surface area contributed by atoms with Crippen molar-refractivity contribution in [1.82, 2.24) is 4.98 Å². The molecule has 0 radical (unpaired) electrons. The number of para-hydroxylation sites is 1. The number of benzene rings is 1. The molecule has 0 aliphatic heterocycles. The number of hydrogen-bond donors (Lipinski definition) is 1. The number of aromatic nitrogens is 1. The molecule has 0 unspecified atom stereocenters. The Balaban J connectivity index is 2.09. The highest BCUT2D eigenvalue weighted by molar-refractivity contribution is 5.96. The Morgan fingerprint density at radius 3 is 2.90 bits per heavy atom. The van der Waals surface area contributed by atoms with Gasteiger partial charge in [0.15, 0.2) is 0 Å². The molecule has 1 aromatic heterocycles. The second kappa shape index (κ2) is 6.01. The Morgan fingerprint density at radius 1 is 1.40 bits per heavy atom. The van der Waals surface area contributed by atoms with E-state index in [1.54, 1.807) is 12.1 Å². The van der Waals surface area contributed by atoms with Gasteiger partial charge in [0.05, 0.1) is 24.6 Å². The second-order valence-electron chi connectivity index (χ2n) is 4.01. The molecule has 104 valence electrons. The SMILES string of the molecule is COc1cccc(C(=O)OCc2cncc(F)c2)c1N. The number of anilines is 1. The number of hydrogen-bond acceptors (Lipinski definition) is 5. The number of halogens is 1. The van der Waals surface area contributed by atoms with Gasteiger partial charge in [0.2, 0.25) is 0 Å². The van der Waals surface area contributed by atoms with Crippen molar-refractivity contribution in [3.63, 3.8) is 0 Å². The van der Waals surface area contributed by atoms with Crippen LogP contribution in [0.25, 0.3) is 0 Å². The zero-order valence-corrected chi connectivity index (χ0v) is 10.8. The van der Waals surface area contributed by atoms with Crippen LogP contribution >= 0.6 is 0 Å². The van der Waals surface area contributed by atoms with Crippen molar-refractivity contribution in [2.75, 3.05) is 12.8 Å². The van der Waals surface area contributed by atoms with Crippen LogP contribution in [-0.4, -0.2) is 18.1 Å². The van der Waals surface area contributed by atoms with E-state index >= 15 is 0 Å². The van der Waals surface area contributed by atoms with E-state index in [2.05, 4.69) is 4.98 Å². The maximum atomic E-state index is 12.9. The van der Waals surface area contributed by atoms with Crippen molar-refractivity contribution in [2.24, 2.45) is 0 Å². The molecule has 2 aromatic rings. The number of nitrogen functional groups attached to an aromatic ring is 1. The van der Waals surface area contributed by atoms with Crippen LogP contribution in [0.2, 0.25) is 0 Å². The summed E-state index contributed by atoms with van der Waals surface area (Å²) in [6.07, 6.45) is 2.50. The summed E-state index contributed by atoms with van der Waals surface area (Å²) in [4.78, 5) is 15.6. The Bertz CT molecular complexity index is 632. The predicted molar refractivity (Wildman–Crippen MR) is 70.7 cm³/mol. The number of rotatable bonds is 4. The van der Waals surface area contributed by atoms with Crippen molar-refractivity contribution in [2.45, 2.75) is 6.61 Å². The molecule has 0 amide bonds. The first-order chi connectivity index (χ1) is 9.61. The molecule has 0 aliphatic carbocycles. The van der Waals surface area contributed by atoms with Crippen molar-refractivity contribution >= 4 is 11.7 Å². The van der Waals surface area contributed by atoms with Gasteiger partial charge in [-0.2, -0.15) is 0 Å². The Kier molecular flexibility index (Phi) is 4.14. The molecule has 5 nitrogen and oxygen atoms in total. The molecule has 1 aromatic carbocycles. The first kappa shape index (κ1) is 13.8. The summed E-state index contributed by atoms with van der Waals surface area (Å²) in [5, 5.41) is 0. The van der Waals surface area contributed by atoms with Crippen LogP contribution < -0.4 is 10.5 Å². The Labute approximate surface area is 115 Å². The average Bonchev–Trinajstić information content (AvgIpc) is 2.45. The molecule has 2 rings (SSSR count). The van der Waals surface area contributed by atoms with E-state index in [0.29, 0.717) is 11.3 Å². The quantitative estimate of drug-likeness (QED) is 0.684. The molecule has 1 heterocycles. The fourth-order valence-electron chi connectivity index (χ4n) is 1.66. The van der Waals surface area contributed by atoms with E-state index in [1.165, 1.54) is 25.4 Å². The number of nitrogens with two attached hydrogens (primary N) is 1. The number of nitrogens with zero attached hydrogens (tertiary/aromatic N) is 1. The summed E-state index contributed by atoms with van der Waals surface area (Å²) in [5.74, 6) is -0.697. The summed E-state index contributed by atoms with van der Waals surface area (Å²) in [7, 11) is 1.46. The summed E-state index contributed by atoms with van der Waals surface area (Å²) in [5.41, 5.74) is 6.66. The number of carbonyl (C=O) groups is 1. The highest BCUT2D eigenvalue weighted by atomic mass is 19.1. The van der Waals surface area contributed by atoms with Gasteiger partial charge in [0.25, 0.3) is 0 Å². The minimum Gasteiger partial charge on any atom is -0.495 e. The van der Waals surface area contributed by atoms with Gasteiger partial charge in [-0.15, -0.1) is 0 Å². The standard InChI is InChI=1S/C14H13FN2O3/c1-19-12-4-2-3-11(13(12)16)14(18)20-8-9-5-10(15)7-17-6-9/h2-7H,8,16H2,1H3. The third-order valence-corrected chi connectivity index (χ3v) is 2.64. The lowest BCUT2D eigenvalue weighted by atomic mass is 10.1. The Morgan fingerprint density at radius 2 is 2.20 bits per heavy atom. The van der Waals surface area contributed by atoms with Crippen LogP contribution in [-0.2, 0) is 11.3 Å². The molecule has 0 fully saturated rings. The summed E-state index contributed by atoms with van der Waals surface area (Å²) >= 11 is 0. The monoisotopic (exact) mass is 276 g/mol. The van der Waals surface area contributed by atoms with Crippen LogP contribution in [0.15, 0.2) is 36.7 Å². The largest absolute Gasteiger partial charge is 0.495 e. The molecule has 0 saturated carbocycles. The van der Waals surface area contributed by atoms with Crippen LogP contribution in [0.3, 0.4) is 0 Å². The smallest absolute Gasteiger partial charge is 0.340 e. The van der Waals surface area contributed by atoms with Crippen molar-refractivity contribution in [1.29, 1.82) is 0 Å². The maximum Gasteiger partial charge on any atom is 0.340 e. The fourth-order valence-corrected chi connectivity index (χ4v) is 1.66. The third kappa shape index (κ3) is 3.03. The van der Waals surface area contributed by atoms with E-state index in [0.717, 1.165) is 6.20 Å². The van der Waals surface area contributed by atoms with E-state index in [4.69, 9.17) is 15.2 Å². The lowest BCUT2D eigenvalue weighted by molar-refractivity contribution is 0.0473. The molecular formula is C14H13FN2O3. The van der Waals surface area contributed by atoms with Gasteiger partial charge in [-0.3, -0.25) is 4.98 Å². The molecule has 0 atom stereocenters. The fraction of sp³-hybridized carbons (Fsp3) is 0.143. The molecule has 6 heteroatoms. The van der Waals surface area contributed by atoms with Gasteiger partial charge >= 0.3 is 5.97 Å². The first-order valence-corrected chi connectivity index (χ1v) is 5.81. The number of methoxy groups -OCH3 is 1. The molecule has 0 bridgehead atoms. The normalized spacial score (nSPS) is 10.1. The van der Waals surface area contributed by atoms with Crippen LogP contribution in [0.5, 0.6) is 5.75 Å². The molecular weight excluding hydrogens is 263 g/mol. The summed E-state index contributed by atoms with van der Waals surface area (Å²) in [6, 6.07) is 6.05. The van der Waals surface area contributed by atoms with E-state index in [1.807, 2.05) is 0 Å². The minimum absolute atomic E-state index is 0.0831. The molecule has 20 heavy (non-hydrogen) atoms. The van der Waals surface area contributed by atoms with Gasteiger partial charge < -0.3 is 15.2 Å². The molecule has 0 aliphatic rings. The van der Waals surface area contributed by atoms with Crippen molar-refractivity contribution < 1.29 is 18.7 Å². The van der Waals surface area contributed by atoms with Crippen LogP contribution in [0.1, 0.15) is 15.9 Å². The van der Waals surface area contributed by atoms with Gasteiger partial charge in [-0.25, -0.2) is 9.18 Å². The van der Waals surface area contributed by atoms with Gasteiger partial charge in [-0.1, -0.05) is 6.07 Å². The van der Waals surface area contributed by atoms with E-state index in [-0.39, 0.29) is 17.9 Å². The van der Waals surface area contributed by atoms with Crippen LogP contribution in [0, 0.1) is 5.82 Å². The van der Waals surface area contributed by atoms with Crippen molar-refractivity contribution in [3.8, 4) is 5.75 Å². The average molecular weight is 276 g/mol. The predicted octanol–water partition coefficient (Wildman–Crippen LogP) is 2.17. The number of ether oxygens (including phenoxy) is 2. The molecule has 2 N–H and O–H groups in total.